The summed E-state index contributed by atoms with van der Waals surface area (Å²) < 4.78 is 0. The Morgan fingerprint density at radius 3 is 1.89 bits per heavy atom. The Labute approximate surface area is 260 Å². The third kappa shape index (κ3) is 4.38. The summed E-state index contributed by atoms with van der Waals surface area (Å²) >= 11 is 0. The van der Waals surface area contributed by atoms with Crippen molar-refractivity contribution in [2.45, 2.75) is 18.8 Å². The topological polar surface area (TPSA) is 0 Å². The fourth-order valence-electron chi connectivity index (χ4n) is 7.41. The van der Waals surface area contributed by atoms with Crippen molar-refractivity contribution in [3.05, 3.63) is 197 Å². The molecule has 0 heteroatoms. The zero-order valence-corrected chi connectivity index (χ0v) is 25.0. The van der Waals surface area contributed by atoms with Gasteiger partial charge in [0.2, 0.25) is 0 Å². The molecule has 0 fully saturated rings. The van der Waals surface area contributed by atoms with Crippen molar-refractivity contribution < 1.29 is 0 Å². The molecule has 2 aliphatic carbocycles. The smallest absolute Gasteiger partial charge is 0.0676 e. The van der Waals surface area contributed by atoms with Gasteiger partial charge in [-0.2, -0.15) is 0 Å². The van der Waals surface area contributed by atoms with Gasteiger partial charge in [0.25, 0.3) is 0 Å². The summed E-state index contributed by atoms with van der Waals surface area (Å²) in [5.74, 6) is 0.502. The second-order valence-corrected chi connectivity index (χ2v) is 12.2. The molecule has 0 N–H and O–H groups in total. The van der Waals surface area contributed by atoms with Crippen LogP contribution < -0.4 is 0 Å². The number of fused-ring (bicyclic) bond motifs is 3. The summed E-state index contributed by atoms with van der Waals surface area (Å²) in [4.78, 5) is 0. The number of hydrogen-bond acceptors (Lipinski definition) is 0. The van der Waals surface area contributed by atoms with Crippen molar-refractivity contribution >= 4 is 28.5 Å². The molecule has 0 amide bonds. The lowest BCUT2D eigenvalue weighted by Crippen LogP contribution is -2.31. The van der Waals surface area contributed by atoms with Crippen LogP contribution in [0, 0.1) is 5.92 Å². The molecule has 0 heterocycles. The van der Waals surface area contributed by atoms with Gasteiger partial charge in [-0.05, 0) is 97.0 Å². The highest BCUT2D eigenvalue weighted by Crippen LogP contribution is 2.58. The van der Waals surface area contributed by atoms with Crippen molar-refractivity contribution in [1.29, 1.82) is 0 Å². The van der Waals surface area contributed by atoms with E-state index in [9.17, 15) is 0 Å². The Morgan fingerprint density at radius 1 is 0.568 bits per heavy atom. The van der Waals surface area contributed by atoms with Crippen molar-refractivity contribution in [2.24, 2.45) is 5.92 Å². The van der Waals surface area contributed by atoms with Crippen LogP contribution in [0.4, 0.5) is 0 Å². The Kier molecular flexibility index (Phi) is 6.50. The molecule has 6 aromatic rings. The van der Waals surface area contributed by atoms with E-state index in [0.717, 1.165) is 6.42 Å². The van der Waals surface area contributed by atoms with Crippen molar-refractivity contribution in [1.82, 2.24) is 0 Å². The molecule has 0 spiro atoms. The molecule has 8 rings (SSSR count). The van der Waals surface area contributed by atoms with Gasteiger partial charge in [-0.3, -0.25) is 0 Å². The molecular formula is C44H34. The first kappa shape index (κ1) is 26.4. The number of allylic oxidation sites excluding steroid dienone is 4. The highest BCUT2D eigenvalue weighted by atomic mass is 14.5. The second-order valence-electron chi connectivity index (χ2n) is 12.2. The minimum Gasteiger partial charge on any atom is -0.0808 e. The van der Waals surface area contributed by atoms with Gasteiger partial charge < -0.3 is 0 Å². The summed E-state index contributed by atoms with van der Waals surface area (Å²) in [5, 5.41) is 2.51. The third-order valence-electron chi connectivity index (χ3n) is 9.49. The van der Waals surface area contributed by atoms with Crippen LogP contribution in [0.3, 0.4) is 0 Å². The molecule has 0 aromatic heterocycles. The molecule has 1 unspecified atom stereocenters. The lowest BCUT2D eigenvalue weighted by Gasteiger charge is -2.37. The fourth-order valence-corrected chi connectivity index (χ4v) is 7.41. The molecule has 0 saturated heterocycles. The van der Waals surface area contributed by atoms with E-state index in [1.807, 2.05) is 0 Å². The quantitative estimate of drug-likeness (QED) is 0.183. The molecule has 44 heavy (non-hydrogen) atoms. The van der Waals surface area contributed by atoms with E-state index >= 15 is 0 Å². The molecule has 0 radical (unpaired) electrons. The number of rotatable bonds is 5. The first-order valence-electron chi connectivity index (χ1n) is 15.7. The van der Waals surface area contributed by atoms with Gasteiger partial charge in [0.1, 0.15) is 0 Å². The Bertz CT molecular complexity index is 2040. The number of benzene rings is 6. The van der Waals surface area contributed by atoms with E-state index in [0.29, 0.717) is 5.92 Å². The monoisotopic (exact) mass is 562 g/mol. The summed E-state index contributed by atoms with van der Waals surface area (Å²) in [6, 6.07) is 53.6. The van der Waals surface area contributed by atoms with Gasteiger partial charge in [0, 0.05) is 0 Å². The second kappa shape index (κ2) is 10.8. The van der Waals surface area contributed by atoms with Crippen molar-refractivity contribution in [3.63, 3.8) is 0 Å². The third-order valence-corrected chi connectivity index (χ3v) is 9.49. The predicted octanol–water partition coefficient (Wildman–Crippen LogP) is 11.4. The minimum atomic E-state index is -0.320. The van der Waals surface area contributed by atoms with Gasteiger partial charge in [-0.1, -0.05) is 159 Å². The minimum absolute atomic E-state index is 0.320. The molecule has 0 aliphatic heterocycles. The van der Waals surface area contributed by atoms with Crippen molar-refractivity contribution in [2.75, 3.05) is 0 Å². The van der Waals surface area contributed by atoms with Crippen LogP contribution in [-0.4, -0.2) is 0 Å². The van der Waals surface area contributed by atoms with Crippen LogP contribution in [0.2, 0.25) is 0 Å². The molecule has 1 atom stereocenters. The van der Waals surface area contributed by atoms with Gasteiger partial charge in [-0.25, -0.2) is 0 Å². The average Bonchev–Trinajstić information content (AvgIpc) is 3.37. The molecule has 2 aliphatic rings. The van der Waals surface area contributed by atoms with E-state index in [1.165, 1.54) is 66.4 Å². The van der Waals surface area contributed by atoms with E-state index in [2.05, 4.69) is 177 Å². The Hall–Kier alpha value is -5.20. The Morgan fingerprint density at radius 2 is 1.16 bits per heavy atom. The van der Waals surface area contributed by atoms with Crippen LogP contribution in [-0.2, 0) is 5.41 Å². The molecule has 6 aromatic carbocycles. The van der Waals surface area contributed by atoms with E-state index in [4.69, 9.17) is 0 Å². The van der Waals surface area contributed by atoms with Crippen LogP contribution in [0.15, 0.2) is 163 Å². The van der Waals surface area contributed by atoms with Crippen LogP contribution in [0.5, 0.6) is 0 Å². The predicted molar refractivity (Wildman–Crippen MR) is 187 cm³/mol. The summed E-state index contributed by atoms with van der Waals surface area (Å²) in [5.41, 5.74) is 12.9. The molecule has 0 bridgehead atoms. The van der Waals surface area contributed by atoms with Crippen LogP contribution >= 0.6 is 0 Å². The SMILES string of the molecule is CC1C=CC2=C(C1)C(c1ccccc1)(c1ccccc1)c1cc(-c3ccc4cc(/C=C/c5ccccc5)ccc4c3)ccc12. The van der Waals surface area contributed by atoms with Crippen molar-refractivity contribution in [3.8, 4) is 11.1 Å². The molecule has 210 valence electrons. The highest BCUT2D eigenvalue weighted by molar-refractivity contribution is 5.94. The Balaban J connectivity index is 1.26. The zero-order chi connectivity index (χ0) is 29.5. The average molecular weight is 563 g/mol. The lowest BCUT2D eigenvalue weighted by atomic mass is 9.64. The van der Waals surface area contributed by atoms with Gasteiger partial charge in [0.15, 0.2) is 0 Å². The fraction of sp³-hybridized carbons (Fsp3) is 0.0909. The maximum absolute atomic E-state index is 2.48. The number of hydrogen-bond donors (Lipinski definition) is 0. The summed E-state index contributed by atoms with van der Waals surface area (Å²) in [7, 11) is 0. The maximum atomic E-state index is 2.48. The molecule has 0 saturated carbocycles. The summed E-state index contributed by atoms with van der Waals surface area (Å²) in [6.45, 7) is 2.34. The molecule has 0 nitrogen and oxygen atoms in total. The van der Waals surface area contributed by atoms with Gasteiger partial charge >= 0.3 is 0 Å². The largest absolute Gasteiger partial charge is 0.0808 e. The zero-order valence-electron chi connectivity index (χ0n) is 25.0. The maximum Gasteiger partial charge on any atom is 0.0676 e. The first-order valence-corrected chi connectivity index (χ1v) is 15.7. The highest BCUT2D eigenvalue weighted by Gasteiger charge is 2.48. The van der Waals surface area contributed by atoms with E-state index < -0.39 is 0 Å². The van der Waals surface area contributed by atoms with Gasteiger partial charge in [-0.15, -0.1) is 0 Å². The first-order chi connectivity index (χ1) is 21.7. The van der Waals surface area contributed by atoms with E-state index in [-0.39, 0.29) is 5.41 Å². The van der Waals surface area contributed by atoms with Crippen LogP contribution in [0.1, 0.15) is 46.7 Å². The normalized spacial score (nSPS) is 16.8. The standard InChI is InChI=1S/C44H34/c1-31-17-25-40-41-26-24-37(36-23-22-34-28-33(20-21-35(34)29-36)19-18-32-11-5-2-6-12-32)30-43(41)44(42(40)27-31,38-13-7-3-8-14-38)39-15-9-4-10-16-39/h2-26,28-31H,27H2,1H3/b19-18+. The van der Waals surface area contributed by atoms with Gasteiger partial charge in [0.05, 0.1) is 5.41 Å². The van der Waals surface area contributed by atoms with Crippen LogP contribution in [0.25, 0.3) is 39.6 Å². The summed E-state index contributed by atoms with van der Waals surface area (Å²) in [6.07, 6.45) is 10.2. The van der Waals surface area contributed by atoms with E-state index in [1.54, 1.807) is 0 Å². The lowest BCUT2D eigenvalue weighted by molar-refractivity contribution is 0.622. The molecular weight excluding hydrogens is 528 g/mol.